The number of likely N-dealkylation sites (tertiary alicyclic amines) is 1. The Labute approximate surface area is 129 Å². The molecular formula is C17H20N2O3. The summed E-state index contributed by atoms with van der Waals surface area (Å²) in [5.41, 5.74) is 1.03. The minimum Gasteiger partial charge on any atom is -0.493 e. The van der Waals surface area contributed by atoms with Crippen molar-refractivity contribution < 1.29 is 14.3 Å². The number of fused-ring (bicyclic) bond motifs is 1. The highest BCUT2D eigenvalue weighted by molar-refractivity contribution is 5.89. The lowest BCUT2D eigenvalue weighted by molar-refractivity contribution is -0.129. The van der Waals surface area contributed by atoms with Crippen LogP contribution in [0.15, 0.2) is 24.3 Å². The number of amides is 2. The van der Waals surface area contributed by atoms with Crippen LogP contribution in [0.5, 0.6) is 5.75 Å². The van der Waals surface area contributed by atoms with Crippen LogP contribution in [-0.4, -0.2) is 35.9 Å². The van der Waals surface area contributed by atoms with E-state index in [-0.39, 0.29) is 23.8 Å². The third-order valence-corrected chi connectivity index (χ3v) is 4.79. The van der Waals surface area contributed by atoms with Crippen molar-refractivity contribution in [2.75, 3.05) is 13.2 Å². The summed E-state index contributed by atoms with van der Waals surface area (Å²) >= 11 is 0. The summed E-state index contributed by atoms with van der Waals surface area (Å²) in [5, 5.41) is 3.12. The summed E-state index contributed by atoms with van der Waals surface area (Å²) in [6, 6.07) is 8.21. The van der Waals surface area contributed by atoms with Gasteiger partial charge in [-0.2, -0.15) is 0 Å². The third-order valence-electron chi connectivity index (χ3n) is 4.79. The van der Waals surface area contributed by atoms with Crippen LogP contribution in [-0.2, 0) is 9.59 Å². The van der Waals surface area contributed by atoms with Gasteiger partial charge in [-0.1, -0.05) is 18.2 Å². The molecule has 2 amide bonds. The number of hydrogen-bond acceptors (Lipinski definition) is 3. The van der Waals surface area contributed by atoms with Gasteiger partial charge in [-0.15, -0.1) is 0 Å². The second-order valence-electron chi connectivity index (χ2n) is 6.41. The zero-order valence-corrected chi connectivity index (χ0v) is 12.5. The average Bonchev–Trinajstić information content (AvgIpc) is 3.30. The Bertz CT molecular complexity index is 612. The molecule has 1 aromatic rings. The van der Waals surface area contributed by atoms with Gasteiger partial charge in [-0.05, 0) is 18.9 Å². The molecule has 1 saturated carbocycles. The van der Waals surface area contributed by atoms with E-state index in [1.54, 1.807) is 0 Å². The maximum Gasteiger partial charge on any atom is 0.225 e. The molecule has 0 aromatic heterocycles. The van der Waals surface area contributed by atoms with Crippen molar-refractivity contribution in [3.63, 3.8) is 0 Å². The highest BCUT2D eigenvalue weighted by Crippen LogP contribution is 2.34. The molecule has 2 heterocycles. The van der Waals surface area contributed by atoms with Crippen molar-refractivity contribution >= 4 is 11.8 Å². The fourth-order valence-corrected chi connectivity index (χ4v) is 3.43. The first-order valence-electron chi connectivity index (χ1n) is 8.04. The van der Waals surface area contributed by atoms with E-state index < -0.39 is 0 Å². The fraction of sp³-hybridized carbons (Fsp3) is 0.529. The number of nitrogens with zero attached hydrogens (tertiary/aromatic N) is 1. The van der Waals surface area contributed by atoms with E-state index in [1.165, 1.54) is 0 Å². The Morgan fingerprint density at radius 1 is 1.23 bits per heavy atom. The molecule has 0 radical (unpaired) electrons. The number of carbonyl (C=O) groups is 2. The molecule has 1 N–H and O–H groups in total. The monoisotopic (exact) mass is 300 g/mol. The smallest absolute Gasteiger partial charge is 0.225 e. The van der Waals surface area contributed by atoms with E-state index in [1.807, 2.05) is 29.2 Å². The predicted octanol–water partition coefficient (Wildman–Crippen LogP) is 1.64. The molecule has 0 spiro atoms. The normalized spacial score (nSPS) is 27.3. The van der Waals surface area contributed by atoms with Gasteiger partial charge in [0.25, 0.3) is 0 Å². The summed E-state index contributed by atoms with van der Waals surface area (Å²) in [6.45, 7) is 1.19. The number of carbonyl (C=O) groups excluding carboxylic acids is 2. The molecule has 3 aliphatic rings. The van der Waals surface area contributed by atoms with Gasteiger partial charge in [0, 0.05) is 31.0 Å². The molecule has 1 saturated heterocycles. The van der Waals surface area contributed by atoms with Crippen LogP contribution in [0.1, 0.15) is 37.3 Å². The summed E-state index contributed by atoms with van der Waals surface area (Å²) in [4.78, 5) is 26.4. The first kappa shape index (κ1) is 13.6. The maximum atomic E-state index is 12.5. The Hall–Kier alpha value is -2.04. The number of nitrogens with one attached hydrogen (secondary N) is 1. The summed E-state index contributed by atoms with van der Waals surface area (Å²) in [5.74, 6) is 0.775. The van der Waals surface area contributed by atoms with Crippen LogP contribution in [0.25, 0.3) is 0 Å². The zero-order chi connectivity index (χ0) is 15.1. The van der Waals surface area contributed by atoms with Gasteiger partial charge in [0.15, 0.2) is 0 Å². The van der Waals surface area contributed by atoms with Gasteiger partial charge in [-0.3, -0.25) is 9.59 Å². The number of rotatable bonds is 3. The Morgan fingerprint density at radius 2 is 2.05 bits per heavy atom. The largest absolute Gasteiger partial charge is 0.493 e. The molecule has 2 aliphatic heterocycles. The van der Waals surface area contributed by atoms with Crippen molar-refractivity contribution in [3.8, 4) is 5.75 Å². The second-order valence-corrected chi connectivity index (χ2v) is 6.41. The predicted molar refractivity (Wildman–Crippen MR) is 80.3 cm³/mol. The summed E-state index contributed by atoms with van der Waals surface area (Å²) in [7, 11) is 0. The van der Waals surface area contributed by atoms with Gasteiger partial charge >= 0.3 is 0 Å². The summed E-state index contributed by atoms with van der Waals surface area (Å²) < 4.78 is 5.62. The Morgan fingerprint density at radius 3 is 2.86 bits per heavy atom. The van der Waals surface area contributed by atoms with Gasteiger partial charge in [0.1, 0.15) is 5.75 Å². The Kier molecular flexibility index (Phi) is 3.28. The molecule has 116 valence electrons. The Balaban J connectivity index is 1.44. The third kappa shape index (κ3) is 2.45. The fourth-order valence-electron chi connectivity index (χ4n) is 3.43. The zero-order valence-electron chi connectivity index (χ0n) is 12.5. The van der Waals surface area contributed by atoms with E-state index in [9.17, 15) is 9.59 Å². The number of ether oxygens (including phenoxy) is 1. The van der Waals surface area contributed by atoms with Crippen molar-refractivity contribution in [2.45, 2.75) is 37.8 Å². The van der Waals surface area contributed by atoms with E-state index in [0.29, 0.717) is 25.6 Å². The molecular weight excluding hydrogens is 280 g/mol. The maximum absolute atomic E-state index is 12.5. The van der Waals surface area contributed by atoms with Crippen LogP contribution in [0.2, 0.25) is 0 Å². The lowest BCUT2D eigenvalue weighted by Crippen LogP contribution is -2.37. The molecule has 2 fully saturated rings. The molecule has 0 unspecified atom stereocenters. The average molecular weight is 300 g/mol. The quantitative estimate of drug-likeness (QED) is 0.923. The molecule has 1 aliphatic carbocycles. The van der Waals surface area contributed by atoms with Gasteiger partial charge in [0.2, 0.25) is 11.8 Å². The van der Waals surface area contributed by atoms with Crippen molar-refractivity contribution in [1.82, 2.24) is 10.2 Å². The number of para-hydroxylation sites is 1. The lowest BCUT2D eigenvalue weighted by Gasteiger charge is -2.27. The van der Waals surface area contributed by atoms with E-state index >= 15 is 0 Å². The second kappa shape index (κ2) is 5.30. The highest BCUT2D eigenvalue weighted by Gasteiger charge is 2.42. The molecule has 0 bridgehead atoms. The molecule has 1 aromatic carbocycles. The standard InChI is InChI=1S/C17H20N2O3/c20-16-9-11(10-19(16)12-5-6-12)17(21)18-14-7-8-22-15-4-2-1-3-13(14)15/h1-4,11-12,14H,5-10H2,(H,18,21)/t11-,14-/m1/s1. The molecule has 5 heteroatoms. The van der Waals surface area contributed by atoms with Crippen LogP contribution >= 0.6 is 0 Å². The highest BCUT2D eigenvalue weighted by atomic mass is 16.5. The van der Waals surface area contributed by atoms with Crippen molar-refractivity contribution in [1.29, 1.82) is 0 Å². The van der Waals surface area contributed by atoms with E-state index in [0.717, 1.165) is 30.6 Å². The van der Waals surface area contributed by atoms with Gasteiger partial charge in [0.05, 0.1) is 18.6 Å². The van der Waals surface area contributed by atoms with E-state index in [2.05, 4.69) is 5.32 Å². The van der Waals surface area contributed by atoms with Crippen molar-refractivity contribution in [2.24, 2.45) is 5.92 Å². The molecule has 5 nitrogen and oxygen atoms in total. The molecule has 2 atom stereocenters. The van der Waals surface area contributed by atoms with Crippen molar-refractivity contribution in [3.05, 3.63) is 29.8 Å². The molecule has 22 heavy (non-hydrogen) atoms. The first-order valence-corrected chi connectivity index (χ1v) is 8.04. The van der Waals surface area contributed by atoms with E-state index in [4.69, 9.17) is 4.74 Å². The van der Waals surface area contributed by atoms with Crippen LogP contribution in [0.4, 0.5) is 0 Å². The van der Waals surface area contributed by atoms with Gasteiger partial charge < -0.3 is 15.0 Å². The van der Waals surface area contributed by atoms with Crippen LogP contribution in [0, 0.1) is 5.92 Å². The first-order chi connectivity index (χ1) is 10.7. The minimum atomic E-state index is -0.205. The number of benzene rings is 1. The number of hydrogen-bond donors (Lipinski definition) is 1. The van der Waals surface area contributed by atoms with Crippen LogP contribution < -0.4 is 10.1 Å². The SMILES string of the molecule is O=C(N[C@@H]1CCOc2ccccc21)[C@@H]1CC(=O)N(C2CC2)C1. The minimum absolute atomic E-state index is 0.00166. The van der Waals surface area contributed by atoms with Gasteiger partial charge in [-0.25, -0.2) is 0 Å². The summed E-state index contributed by atoms with van der Waals surface area (Å²) in [6.07, 6.45) is 3.31. The van der Waals surface area contributed by atoms with Crippen LogP contribution in [0.3, 0.4) is 0 Å². The molecule has 4 rings (SSSR count). The lowest BCUT2D eigenvalue weighted by atomic mass is 9.99. The topological polar surface area (TPSA) is 58.6 Å².